The Balaban J connectivity index is 0.00000756. The molecule has 3 heterocycles. The van der Waals surface area contributed by atoms with Crippen LogP contribution in [0.4, 0.5) is 22.7 Å². The molecule has 1 spiro atoms. The molecule has 0 radical (unpaired) electrons. The van der Waals surface area contributed by atoms with Crippen LogP contribution in [0.1, 0.15) is 88.7 Å². The van der Waals surface area contributed by atoms with E-state index in [0.717, 1.165) is 73.0 Å². The van der Waals surface area contributed by atoms with E-state index in [1.54, 1.807) is 24.4 Å². The number of aromatic nitrogens is 2. The molecule has 6 heteroatoms. The summed E-state index contributed by atoms with van der Waals surface area (Å²) >= 11 is 0. The quantitative estimate of drug-likeness (QED) is 0.142. The molecule has 2 aliphatic carbocycles. The summed E-state index contributed by atoms with van der Waals surface area (Å²) < 4.78 is 86.8. The third-order valence-corrected chi connectivity index (χ3v) is 17.7. The predicted molar refractivity (Wildman–Crippen MR) is 354 cm³/mol. The predicted octanol–water partition coefficient (Wildman–Crippen LogP) is 20.5. The van der Waals surface area contributed by atoms with Gasteiger partial charge in [0.1, 0.15) is 5.82 Å². The van der Waals surface area contributed by atoms with Gasteiger partial charge in [0, 0.05) is 90.4 Å². The minimum Gasteiger partial charge on any atom is -0.509 e. The van der Waals surface area contributed by atoms with E-state index < -0.39 is 26.0 Å². The Morgan fingerprint density at radius 2 is 1.14 bits per heavy atom. The third-order valence-electron chi connectivity index (χ3n) is 17.7. The molecule has 3 aliphatic rings. The molecule has 1 aliphatic heterocycles. The molecule has 0 amide bonds. The van der Waals surface area contributed by atoms with Gasteiger partial charge in [-0.1, -0.05) is 213 Å². The number of benzene rings is 11. The van der Waals surface area contributed by atoms with Gasteiger partial charge in [-0.05, 0) is 140 Å². The number of fused-ring (bicyclic) bond motifs is 13. The van der Waals surface area contributed by atoms with Crippen LogP contribution in [-0.4, -0.2) is 9.55 Å². The van der Waals surface area contributed by atoms with Gasteiger partial charge in [0.2, 0.25) is 0 Å². The van der Waals surface area contributed by atoms with Crippen LogP contribution in [-0.2, 0) is 38.3 Å². The average Bonchev–Trinajstić information content (AvgIpc) is 1.49. The van der Waals surface area contributed by atoms with Gasteiger partial charge >= 0.3 is 0 Å². The van der Waals surface area contributed by atoms with Crippen LogP contribution in [0.5, 0.6) is 11.5 Å². The molecule has 0 fully saturated rings. The van der Waals surface area contributed by atoms with Crippen molar-refractivity contribution in [2.24, 2.45) is 0 Å². The van der Waals surface area contributed by atoms with Gasteiger partial charge in [-0.25, -0.2) is 4.98 Å². The number of pyridine rings is 1. The van der Waals surface area contributed by atoms with Crippen molar-refractivity contribution in [2.45, 2.75) is 58.6 Å². The minimum atomic E-state index is -2.62. The maximum absolute atomic E-state index is 8.76. The summed E-state index contributed by atoms with van der Waals surface area (Å²) in [4.78, 5) is 9.13. The van der Waals surface area contributed by atoms with Gasteiger partial charge in [0.05, 0.1) is 5.41 Å². The Labute approximate surface area is 536 Å². The smallest absolute Gasteiger partial charge is 0.135 e. The van der Waals surface area contributed by atoms with Crippen molar-refractivity contribution in [2.75, 3.05) is 9.80 Å². The third kappa shape index (κ3) is 8.72. The maximum atomic E-state index is 8.76. The van der Waals surface area contributed by atoms with Crippen LogP contribution in [0.2, 0.25) is 0 Å². The van der Waals surface area contributed by atoms with Crippen LogP contribution in [0.15, 0.2) is 243 Å². The molecule has 5 nitrogen and oxygen atoms in total. The monoisotopic (exact) mass is 1310 g/mol. The Hall–Kier alpha value is -9.54. The van der Waals surface area contributed by atoms with Gasteiger partial charge in [0.25, 0.3) is 0 Å². The number of nitrogens with zero attached hydrogens (tertiary/aromatic N) is 4. The van der Waals surface area contributed by atoms with E-state index in [1.165, 1.54) is 33.9 Å². The van der Waals surface area contributed by atoms with Gasteiger partial charge in [-0.2, -0.15) is 12.1 Å². The normalized spacial score (nSPS) is 15.5. The second-order valence-corrected chi connectivity index (χ2v) is 23.7. The zero-order chi connectivity index (χ0) is 65.5. The molecule has 0 unspecified atom stereocenters. The average molecular weight is 1310 g/mol. The van der Waals surface area contributed by atoms with Gasteiger partial charge in [0.15, 0.2) is 0 Å². The van der Waals surface area contributed by atoms with Crippen molar-refractivity contribution in [1.29, 1.82) is 0 Å². The Morgan fingerprint density at radius 3 is 1.89 bits per heavy atom. The molecule has 0 saturated carbocycles. The maximum Gasteiger partial charge on any atom is 0.135 e. The number of para-hydroxylation sites is 4. The Morgan fingerprint density at radius 1 is 0.506 bits per heavy atom. The fourth-order valence-corrected chi connectivity index (χ4v) is 13.9. The first-order valence-electron chi connectivity index (χ1n) is 33.6. The van der Waals surface area contributed by atoms with Crippen LogP contribution < -0.4 is 14.5 Å². The summed E-state index contributed by atoms with van der Waals surface area (Å²) in [6, 6.07) is 85.9. The largest absolute Gasteiger partial charge is 0.509 e. The van der Waals surface area contributed by atoms with Crippen molar-refractivity contribution in [1.82, 2.24) is 9.55 Å². The second-order valence-electron chi connectivity index (χ2n) is 23.7. The minimum absolute atomic E-state index is 0. The number of hydrogen-bond acceptors (Lipinski definition) is 4. The first-order chi connectivity index (χ1) is 45.6. The van der Waals surface area contributed by atoms with Crippen LogP contribution in [0.25, 0.3) is 72.1 Å². The number of hydrogen-bond donors (Lipinski definition) is 0. The van der Waals surface area contributed by atoms with E-state index in [9.17, 15) is 0 Å². The number of anilines is 4. The fourth-order valence-electron chi connectivity index (χ4n) is 13.9. The number of aryl methyl sites for hydroxylation is 3. The zero-order valence-electron chi connectivity index (χ0n) is 56.9. The van der Waals surface area contributed by atoms with Crippen molar-refractivity contribution >= 4 is 44.6 Å². The van der Waals surface area contributed by atoms with Crippen LogP contribution >= 0.6 is 0 Å². The molecule has 424 valence electrons. The van der Waals surface area contributed by atoms with Gasteiger partial charge in [-0.15, -0.1) is 48.1 Å². The standard InChI is InChI=1S/C81H61N4O.Pt/c1-51-41-52(2)43-58(42-51)64-26-18-25-63(55-35-39-66-65-23-9-13-29-72(65)81(73(66)46-55)70-27-11-7-19-56(70)45-57-20-8-12-28-71(57)81)79(64)84-50-83(75-31-15-16-32-76(75)84)60-21-17-22-61(47-60)86-62-38-40-68-67-24-10-14-30-74(67)85(77(68)48-62)78-44-53(3)69(49-82-78)54-33-36-59(37-34-54)80(4,5)6;/h7-44,46,49-50H,45H2,1-6H3;/q-3;/i1D3,2D3,3D3;. The summed E-state index contributed by atoms with van der Waals surface area (Å²) in [5, 5.41) is 1.81. The first kappa shape index (κ1) is 44.9. The summed E-state index contributed by atoms with van der Waals surface area (Å²) in [5.74, 6) is 1.21. The molecule has 0 saturated heterocycles. The first-order valence-corrected chi connectivity index (χ1v) is 29.1. The van der Waals surface area contributed by atoms with E-state index in [0.29, 0.717) is 50.9 Å². The molecular formula is C81H61N4OPt-3. The number of rotatable bonds is 8. The van der Waals surface area contributed by atoms with Crippen molar-refractivity contribution in [3.63, 3.8) is 0 Å². The van der Waals surface area contributed by atoms with Gasteiger partial charge < -0.3 is 19.1 Å². The van der Waals surface area contributed by atoms with Crippen molar-refractivity contribution in [3.8, 4) is 61.8 Å². The molecule has 0 bridgehead atoms. The molecular weight excluding hydrogens is 1240 g/mol. The van der Waals surface area contributed by atoms with E-state index >= 15 is 0 Å². The second kappa shape index (κ2) is 20.9. The Kier molecular flexibility index (Phi) is 10.8. The summed E-state index contributed by atoms with van der Waals surface area (Å²) in [5.41, 5.74) is 18.6. The topological polar surface area (TPSA) is 33.5 Å². The van der Waals surface area contributed by atoms with Crippen molar-refractivity contribution < 1.29 is 38.1 Å². The van der Waals surface area contributed by atoms with Crippen molar-refractivity contribution in [3.05, 3.63) is 317 Å². The zero-order valence-corrected chi connectivity index (χ0v) is 50.2. The van der Waals surface area contributed by atoms with Gasteiger partial charge in [-0.3, -0.25) is 0 Å². The van der Waals surface area contributed by atoms with E-state index in [1.807, 2.05) is 131 Å². The SMILES string of the molecule is [2H]C([2H])([2H])c1cc(-c2cccc(-c3ccc4c(c3)C3(c5ccccc5Cc5ccccc53)c3ccccc3-4)c2N2[CH-]N(c3[c-]c(Oc4[c-]c5c(cc4)c4ccccc4n5-c4cc(C([2H])([2H])[2H])c(-c5ccc(C(C)(C)C)cc5)cn4)ccc3)c3ccccc32)cc(C([2H])([2H])[2H])c1.[Pt]. The van der Waals surface area contributed by atoms with Crippen LogP contribution in [0, 0.1) is 39.4 Å². The molecule has 11 aromatic carbocycles. The molecule has 16 rings (SSSR count). The summed E-state index contributed by atoms with van der Waals surface area (Å²) in [6.07, 6.45) is 2.46. The van der Waals surface area contributed by atoms with E-state index in [2.05, 4.69) is 135 Å². The molecule has 0 atom stereocenters. The van der Waals surface area contributed by atoms with E-state index in [-0.39, 0.29) is 43.2 Å². The van der Waals surface area contributed by atoms with Crippen LogP contribution in [0.3, 0.4) is 0 Å². The molecule has 13 aromatic rings. The number of ether oxygens (including phenoxy) is 1. The molecule has 2 aromatic heterocycles. The fraction of sp³-hybridized carbons (Fsp3) is 0.111. The molecule has 87 heavy (non-hydrogen) atoms. The van der Waals surface area contributed by atoms with E-state index in [4.69, 9.17) is 22.1 Å². The molecule has 0 N–H and O–H groups in total. The summed E-state index contributed by atoms with van der Waals surface area (Å²) in [6.45, 7) is 0.747. The Bertz CT molecular complexity index is 5200. The summed E-state index contributed by atoms with van der Waals surface area (Å²) in [7, 11) is 0.